The second-order valence-electron chi connectivity index (χ2n) is 3.96. The van der Waals surface area contributed by atoms with Crippen LogP contribution in [0, 0.1) is 5.92 Å². The van der Waals surface area contributed by atoms with E-state index < -0.39 is 0 Å². The van der Waals surface area contributed by atoms with Gasteiger partial charge in [0.05, 0.1) is 5.56 Å². The van der Waals surface area contributed by atoms with Crippen LogP contribution < -0.4 is 0 Å². The molecule has 1 heterocycles. The number of carbonyl (C=O) groups is 1. The number of hydrogen-bond donors (Lipinski definition) is 0. The highest BCUT2D eigenvalue weighted by atomic mass is 16.5. The normalized spacial score (nSPS) is 9.83. The van der Waals surface area contributed by atoms with Crippen molar-refractivity contribution in [3.05, 3.63) is 42.2 Å². The molecule has 0 bridgehead atoms. The summed E-state index contributed by atoms with van der Waals surface area (Å²) in [6, 6.07) is 9.57. The minimum Gasteiger partial charge on any atom is -0.363 e. The zero-order valence-electron chi connectivity index (χ0n) is 11.3. The molecular weight excluding hydrogens is 226 g/mol. The van der Waals surface area contributed by atoms with Gasteiger partial charge in [0.25, 0.3) is 0 Å². The average molecular weight is 245 g/mol. The maximum absolute atomic E-state index is 11.9. The number of rotatable bonds is 3. The van der Waals surface area contributed by atoms with Gasteiger partial charge in [-0.15, -0.1) is 0 Å². The molecule has 0 saturated heterocycles. The lowest BCUT2D eigenvalue weighted by molar-refractivity contribution is 0.0939. The van der Waals surface area contributed by atoms with E-state index in [1.165, 1.54) is 6.26 Å². The summed E-state index contributed by atoms with van der Waals surface area (Å²) < 4.78 is 4.90. The molecule has 3 nitrogen and oxygen atoms in total. The van der Waals surface area contributed by atoms with E-state index in [2.05, 4.69) is 5.16 Å². The summed E-state index contributed by atoms with van der Waals surface area (Å²) in [5.74, 6) is 0.00182. The quantitative estimate of drug-likeness (QED) is 0.761. The van der Waals surface area contributed by atoms with Crippen molar-refractivity contribution in [3.8, 4) is 11.3 Å². The first kappa shape index (κ1) is 14.2. The van der Waals surface area contributed by atoms with E-state index in [4.69, 9.17) is 4.52 Å². The molecule has 0 aliphatic carbocycles. The smallest absolute Gasteiger partial charge is 0.170 e. The van der Waals surface area contributed by atoms with Gasteiger partial charge < -0.3 is 4.52 Å². The van der Waals surface area contributed by atoms with Gasteiger partial charge in [0.15, 0.2) is 5.78 Å². The topological polar surface area (TPSA) is 43.1 Å². The molecule has 18 heavy (non-hydrogen) atoms. The minimum atomic E-state index is -0.0538. The highest BCUT2D eigenvalue weighted by Gasteiger charge is 2.19. The van der Waals surface area contributed by atoms with Gasteiger partial charge in [0.1, 0.15) is 12.0 Å². The van der Waals surface area contributed by atoms with Crippen molar-refractivity contribution in [1.29, 1.82) is 0 Å². The lowest BCUT2D eigenvalue weighted by Crippen LogP contribution is -2.07. The maximum Gasteiger partial charge on any atom is 0.170 e. The number of aromatic nitrogens is 1. The Morgan fingerprint density at radius 3 is 2.33 bits per heavy atom. The first-order valence-corrected chi connectivity index (χ1v) is 6.24. The second-order valence-corrected chi connectivity index (χ2v) is 3.96. The first-order chi connectivity index (χ1) is 8.70. The predicted octanol–water partition coefficient (Wildman–Crippen LogP) is 4.21. The number of carbonyl (C=O) groups excluding carboxylic acids is 1. The van der Waals surface area contributed by atoms with Gasteiger partial charge in [-0.05, 0) is 0 Å². The van der Waals surface area contributed by atoms with Gasteiger partial charge in [-0.25, -0.2) is 0 Å². The molecule has 0 radical (unpaired) electrons. The van der Waals surface area contributed by atoms with Gasteiger partial charge in [-0.2, -0.15) is 0 Å². The Bertz CT molecular complexity index is 486. The number of Topliss-reactive ketones (excluding diaryl/α,β-unsaturated/α-hetero) is 1. The Morgan fingerprint density at radius 1 is 1.17 bits per heavy atom. The van der Waals surface area contributed by atoms with Crippen LogP contribution in [0.5, 0.6) is 0 Å². The van der Waals surface area contributed by atoms with E-state index >= 15 is 0 Å². The van der Waals surface area contributed by atoms with Crippen molar-refractivity contribution in [1.82, 2.24) is 5.16 Å². The molecule has 0 atom stereocenters. The van der Waals surface area contributed by atoms with E-state index in [1.807, 2.05) is 58.0 Å². The maximum atomic E-state index is 11.9. The molecule has 0 aliphatic rings. The monoisotopic (exact) mass is 245 g/mol. The molecule has 0 N–H and O–H groups in total. The lowest BCUT2D eigenvalue weighted by atomic mass is 9.99. The van der Waals surface area contributed by atoms with Crippen molar-refractivity contribution in [3.63, 3.8) is 0 Å². The summed E-state index contributed by atoms with van der Waals surface area (Å²) in [5, 5.41) is 3.89. The van der Waals surface area contributed by atoms with Gasteiger partial charge in [-0.3, -0.25) is 4.79 Å². The second kappa shape index (κ2) is 6.74. The number of nitrogens with zero attached hydrogens (tertiary/aromatic N) is 1. The Labute approximate surface area is 108 Å². The summed E-state index contributed by atoms with van der Waals surface area (Å²) in [5.41, 5.74) is 2.08. The molecule has 2 rings (SSSR count). The van der Waals surface area contributed by atoms with E-state index in [0.717, 1.165) is 5.56 Å². The minimum absolute atomic E-state index is 0.0538. The van der Waals surface area contributed by atoms with Crippen LogP contribution in [-0.4, -0.2) is 10.9 Å². The van der Waals surface area contributed by atoms with E-state index in [0.29, 0.717) is 11.3 Å². The summed E-state index contributed by atoms with van der Waals surface area (Å²) >= 11 is 0. The third-order valence-corrected chi connectivity index (χ3v) is 2.41. The summed E-state index contributed by atoms with van der Waals surface area (Å²) in [7, 11) is 0. The van der Waals surface area contributed by atoms with E-state index in [9.17, 15) is 4.79 Å². The van der Waals surface area contributed by atoms with Crippen LogP contribution >= 0.6 is 0 Å². The van der Waals surface area contributed by atoms with Crippen molar-refractivity contribution in [2.75, 3.05) is 0 Å². The van der Waals surface area contributed by atoms with Crippen molar-refractivity contribution in [2.24, 2.45) is 5.92 Å². The fraction of sp³-hybridized carbons (Fsp3) is 0.333. The fourth-order valence-corrected chi connectivity index (χ4v) is 1.53. The third kappa shape index (κ3) is 3.06. The van der Waals surface area contributed by atoms with Gasteiger partial charge in [0.2, 0.25) is 0 Å². The summed E-state index contributed by atoms with van der Waals surface area (Å²) in [6.07, 6.45) is 1.42. The number of hydrogen-bond acceptors (Lipinski definition) is 3. The van der Waals surface area contributed by atoms with Crippen LogP contribution in [0.15, 0.2) is 41.1 Å². The van der Waals surface area contributed by atoms with Crippen LogP contribution in [0.4, 0.5) is 0 Å². The number of ketones is 1. The van der Waals surface area contributed by atoms with Gasteiger partial charge >= 0.3 is 0 Å². The molecule has 3 heteroatoms. The average Bonchev–Trinajstić information content (AvgIpc) is 2.90. The number of benzene rings is 1. The van der Waals surface area contributed by atoms with E-state index in [-0.39, 0.29) is 11.7 Å². The highest BCUT2D eigenvalue weighted by molar-refractivity contribution is 6.02. The molecule has 0 fully saturated rings. The molecular formula is C15H19NO2. The van der Waals surface area contributed by atoms with Gasteiger partial charge in [0, 0.05) is 11.5 Å². The van der Waals surface area contributed by atoms with Crippen LogP contribution in [0.2, 0.25) is 0 Å². The van der Waals surface area contributed by atoms with Crippen LogP contribution in [0.3, 0.4) is 0 Å². The zero-order chi connectivity index (χ0) is 13.5. The largest absolute Gasteiger partial charge is 0.363 e. The standard InChI is InChI=1S/C13H13NO2.C2H6/c1-9(2)13(15)11-8-16-14-12(11)10-6-4-3-5-7-10;1-2/h3-9H,1-2H3;1-2H3. The van der Waals surface area contributed by atoms with Crippen LogP contribution in [0.25, 0.3) is 11.3 Å². The Morgan fingerprint density at radius 2 is 1.78 bits per heavy atom. The highest BCUT2D eigenvalue weighted by Crippen LogP contribution is 2.23. The molecule has 0 amide bonds. The molecule has 1 aromatic heterocycles. The lowest BCUT2D eigenvalue weighted by Gasteiger charge is -2.02. The summed E-state index contributed by atoms with van der Waals surface area (Å²) in [6.45, 7) is 7.73. The molecule has 0 aliphatic heterocycles. The molecule has 0 unspecified atom stereocenters. The zero-order valence-corrected chi connectivity index (χ0v) is 11.3. The Balaban J connectivity index is 0.000000771. The van der Waals surface area contributed by atoms with Crippen molar-refractivity contribution in [2.45, 2.75) is 27.7 Å². The molecule has 2 aromatic rings. The molecule has 0 saturated carbocycles. The molecule has 96 valence electrons. The van der Waals surface area contributed by atoms with Crippen molar-refractivity contribution >= 4 is 5.78 Å². The molecule has 0 spiro atoms. The third-order valence-electron chi connectivity index (χ3n) is 2.41. The Hall–Kier alpha value is -1.90. The first-order valence-electron chi connectivity index (χ1n) is 6.24. The fourth-order valence-electron chi connectivity index (χ4n) is 1.53. The van der Waals surface area contributed by atoms with Gasteiger partial charge in [-0.1, -0.05) is 63.2 Å². The summed E-state index contributed by atoms with van der Waals surface area (Å²) in [4.78, 5) is 11.9. The SMILES string of the molecule is CC.CC(C)C(=O)c1conc1-c1ccccc1. The van der Waals surface area contributed by atoms with Crippen molar-refractivity contribution < 1.29 is 9.32 Å². The predicted molar refractivity (Wildman–Crippen MR) is 72.5 cm³/mol. The van der Waals surface area contributed by atoms with Crippen LogP contribution in [0.1, 0.15) is 38.1 Å². The Kier molecular flexibility index (Phi) is 5.31. The molecule has 1 aromatic carbocycles. The van der Waals surface area contributed by atoms with Crippen LogP contribution in [-0.2, 0) is 0 Å². The van der Waals surface area contributed by atoms with E-state index in [1.54, 1.807) is 0 Å².